The minimum absolute atomic E-state index is 0.250. The molecule has 0 atom stereocenters. The van der Waals surface area contributed by atoms with Crippen molar-refractivity contribution in [2.75, 3.05) is 6.61 Å². The molecule has 1 aromatic heterocycles. The molecule has 0 saturated carbocycles. The van der Waals surface area contributed by atoms with E-state index in [2.05, 4.69) is 10.2 Å². The van der Waals surface area contributed by atoms with Crippen molar-refractivity contribution in [3.8, 4) is 0 Å². The van der Waals surface area contributed by atoms with Crippen molar-refractivity contribution in [1.82, 2.24) is 10.2 Å². The van der Waals surface area contributed by atoms with Gasteiger partial charge < -0.3 is 5.11 Å². The van der Waals surface area contributed by atoms with Gasteiger partial charge in [0.2, 0.25) is 0 Å². The summed E-state index contributed by atoms with van der Waals surface area (Å²) < 4.78 is 0. The van der Waals surface area contributed by atoms with Crippen molar-refractivity contribution in [3.05, 3.63) is 36.7 Å². The first-order valence-electron chi connectivity index (χ1n) is 4.14. The summed E-state index contributed by atoms with van der Waals surface area (Å²) in [5.74, 6) is 0. The largest absolute Gasteiger partial charge is 0.397 e. The molecule has 3 heteroatoms. The fraction of sp³-hybridized carbons (Fsp3) is 0.200. The summed E-state index contributed by atoms with van der Waals surface area (Å²) in [5, 5.41) is 17.4. The van der Waals surface area contributed by atoms with Crippen LogP contribution in [0.1, 0.15) is 6.92 Å². The summed E-state index contributed by atoms with van der Waals surface area (Å²) in [6.45, 7) is 1.93. The second-order valence-corrected chi connectivity index (χ2v) is 2.43. The molecule has 0 amide bonds. The molecule has 0 aliphatic heterocycles. The molecule has 2 aromatic rings. The van der Waals surface area contributed by atoms with Gasteiger partial charge >= 0.3 is 0 Å². The van der Waals surface area contributed by atoms with Crippen LogP contribution in [0.25, 0.3) is 10.8 Å². The third-order valence-electron chi connectivity index (χ3n) is 1.46. The van der Waals surface area contributed by atoms with E-state index in [4.69, 9.17) is 5.11 Å². The van der Waals surface area contributed by atoms with E-state index in [0.717, 1.165) is 10.8 Å². The van der Waals surface area contributed by atoms with Crippen LogP contribution in [0.5, 0.6) is 0 Å². The lowest BCUT2D eigenvalue weighted by Gasteiger charge is -1.90. The van der Waals surface area contributed by atoms with Crippen molar-refractivity contribution >= 4 is 10.8 Å². The molecule has 0 bridgehead atoms. The number of hydrogen-bond donors (Lipinski definition) is 1. The molecule has 13 heavy (non-hydrogen) atoms. The summed E-state index contributed by atoms with van der Waals surface area (Å²) in [6, 6.07) is 8.02. The van der Waals surface area contributed by atoms with Gasteiger partial charge in [0.25, 0.3) is 0 Å². The Morgan fingerprint density at radius 2 is 1.46 bits per heavy atom. The molecule has 0 radical (unpaired) electrons. The first-order valence-corrected chi connectivity index (χ1v) is 4.14. The Kier molecular flexibility index (Phi) is 3.85. The zero-order chi connectivity index (χ0) is 9.52. The molecule has 0 aliphatic rings. The first kappa shape index (κ1) is 9.61. The number of rotatable bonds is 0. The predicted octanol–water partition coefficient (Wildman–Crippen LogP) is 1.63. The second kappa shape index (κ2) is 5.22. The van der Waals surface area contributed by atoms with Crippen LogP contribution in [0.2, 0.25) is 0 Å². The highest BCUT2D eigenvalue weighted by atomic mass is 16.2. The first-order chi connectivity index (χ1) is 6.38. The Bertz CT molecular complexity index is 297. The molecular weight excluding hydrogens is 164 g/mol. The van der Waals surface area contributed by atoms with Crippen LogP contribution in [-0.2, 0) is 0 Å². The van der Waals surface area contributed by atoms with Crippen LogP contribution < -0.4 is 0 Å². The van der Waals surface area contributed by atoms with Gasteiger partial charge in [0, 0.05) is 17.4 Å². The number of hydrogen-bond acceptors (Lipinski definition) is 3. The van der Waals surface area contributed by atoms with Crippen molar-refractivity contribution in [2.45, 2.75) is 6.92 Å². The molecule has 3 nitrogen and oxygen atoms in total. The zero-order valence-electron chi connectivity index (χ0n) is 7.51. The van der Waals surface area contributed by atoms with Crippen LogP contribution in [0.15, 0.2) is 36.7 Å². The topological polar surface area (TPSA) is 46.0 Å². The molecule has 68 valence electrons. The molecule has 0 unspecified atom stereocenters. The van der Waals surface area contributed by atoms with Gasteiger partial charge in [0.05, 0.1) is 12.4 Å². The summed E-state index contributed by atoms with van der Waals surface area (Å²) in [5.41, 5.74) is 0. The van der Waals surface area contributed by atoms with Gasteiger partial charge in [-0.25, -0.2) is 0 Å². The maximum absolute atomic E-state index is 7.57. The van der Waals surface area contributed by atoms with Crippen LogP contribution in [0.4, 0.5) is 0 Å². The summed E-state index contributed by atoms with van der Waals surface area (Å²) in [4.78, 5) is 0. The average molecular weight is 176 g/mol. The van der Waals surface area contributed by atoms with Gasteiger partial charge in [-0.05, 0) is 6.92 Å². The number of aromatic nitrogens is 2. The van der Waals surface area contributed by atoms with Gasteiger partial charge in [-0.3, -0.25) is 0 Å². The Balaban J connectivity index is 0.000000251. The van der Waals surface area contributed by atoms with Gasteiger partial charge in [0.1, 0.15) is 0 Å². The van der Waals surface area contributed by atoms with Gasteiger partial charge in [-0.1, -0.05) is 24.3 Å². The molecule has 0 aliphatic carbocycles. The van der Waals surface area contributed by atoms with Crippen molar-refractivity contribution in [3.63, 3.8) is 0 Å². The van der Waals surface area contributed by atoms with Crippen LogP contribution in [0, 0.1) is 0 Å². The monoisotopic (exact) mass is 176 g/mol. The highest BCUT2D eigenvalue weighted by Crippen LogP contribution is 2.08. The van der Waals surface area contributed by atoms with E-state index in [1.807, 2.05) is 24.3 Å². The van der Waals surface area contributed by atoms with E-state index in [0.29, 0.717) is 0 Å². The SMILES string of the molecule is CCO.c1ccc2cnncc2c1. The van der Waals surface area contributed by atoms with Crippen molar-refractivity contribution < 1.29 is 5.11 Å². The number of aliphatic hydroxyl groups is 1. The molecule has 1 heterocycles. The third-order valence-corrected chi connectivity index (χ3v) is 1.46. The van der Waals surface area contributed by atoms with E-state index in [1.165, 1.54) is 0 Å². The van der Waals surface area contributed by atoms with E-state index in [-0.39, 0.29) is 6.61 Å². The zero-order valence-corrected chi connectivity index (χ0v) is 7.51. The number of aliphatic hydroxyl groups excluding tert-OH is 1. The lowest BCUT2D eigenvalue weighted by atomic mass is 10.2. The van der Waals surface area contributed by atoms with Gasteiger partial charge in [-0.15, -0.1) is 0 Å². The number of nitrogens with zero attached hydrogens (tertiary/aromatic N) is 2. The maximum Gasteiger partial charge on any atom is 0.0574 e. The molecule has 0 fully saturated rings. The molecular formula is C10H12N2O. The maximum atomic E-state index is 7.57. The van der Waals surface area contributed by atoms with E-state index >= 15 is 0 Å². The normalized spacial score (nSPS) is 9.08. The average Bonchev–Trinajstić information content (AvgIpc) is 2.19. The fourth-order valence-corrected chi connectivity index (χ4v) is 0.937. The van der Waals surface area contributed by atoms with E-state index < -0.39 is 0 Å². The molecule has 2 rings (SSSR count). The fourth-order valence-electron chi connectivity index (χ4n) is 0.937. The van der Waals surface area contributed by atoms with Gasteiger partial charge in [0.15, 0.2) is 0 Å². The summed E-state index contributed by atoms with van der Waals surface area (Å²) in [7, 11) is 0. The highest BCUT2D eigenvalue weighted by Gasteiger charge is 1.87. The van der Waals surface area contributed by atoms with Gasteiger partial charge in [-0.2, -0.15) is 10.2 Å². The number of fused-ring (bicyclic) bond motifs is 1. The minimum Gasteiger partial charge on any atom is -0.397 e. The smallest absolute Gasteiger partial charge is 0.0574 e. The Morgan fingerprint density at radius 3 is 1.85 bits per heavy atom. The van der Waals surface area contributed by atoms with E-state index in [1.54, 1.807) is 19.3 Å². The molecule has 0 saturated heterocycles. The Morgan fingerprint density at radius 1 is 1.08 bits per heavy atom. The Hall–Kier alpha value is -1.48. The predicted molar refractivity (Wildman–Crippen MR) is 52.3 cm³/mol. The molecule has 1 N–H and O–H groups in total. The quantitative estimate of drug-likeness (QED) is 0.663. The third kappa shape index (κ3) is 2.80. The van der Waals surface area contributed by atoms with Crippen molar-refractivity contribution in [1.29, 1.82) is 0 Å². The van der Waals surface area contributed by atoms with Crippen LogP contribution in [-0.4, -0.2) is 21.9 Å². The second-order valence-electron chi connectivity index (χ2n) is 2.43. The molecule has 1 aromatic carbocycles. The van der Waals surface area contributed by atoms with Crippen LogP contribution >= 0.6 is 0 Å². The Labute approximate surface area is 77.1 Å². The van der Waals surface area contributed by atoms with Crippen molar-refractivity contribution in [2.24, 2.45) is 0 Å². The minimum atomic E-state index is 0.250. The molecule has 0 spiro atoms. The lowest BCUT2D eigenvalue weighted by molar-refractivity contribution is 0.318. The summed E-state index contributed by atoms with van der Waals surface area (Å²) in [6.07, 6.45) is 3.52. The number of benzene rings is 1. The lowest BCUT2D eigenvalue weighted by Crippen LogP contribution is -1.77. The standard InChI is InChI=1S/C8H6N2.C2H6O/c1-2-4-8-6-10-9-5-7(8)3-1;1-2-3/h1-6H;3H,2H2,1H3. The summed E-state index contributed by atoms with van der Waals surface area (Å²) >= 11 is 0. The highest BCUT2D eigenvalue weighted by molar-refractivity contribution is 5.80. The van der Waals surface area contributed by atoms with Crippen LogP contribution in [0.3, 0.4) is 0 Å². The van der Waals surface area contributed by atoms with E-state index in [9.17, 15) is 0 Å².